The molecule has 0 amide bonds. The Morgan fingerprint density at radius 2 is 2.04 bits per heavy atom. The summed E-state index contributed by atoms with van der Waals surface area (Å²) in [4.78, 5) is 35.0. The summed E-state index contributed by atoms with van der Waals surface area (Å²) in [5.41, 5.74) is 2.53. The quantitative estimate of drug-likeness (QED) is 0.462. The smallest absolute Gasteiger partial charge is 0.380 e. The van der Waals surface area contributed by atoms with E-state index in [9.17, 15) is 19.5 Å². The maximum atomic E-state index is 12.1. The summed E-state index contributed by atoms with van der Waals surface area (Å²) in [5, 5.41) is 10.5. The molecule has 0 unspecified atom stereocenters. The largest absolute Gasteiger partial charge is 0.457 e. The molecule has 2 atom stereocenters. The first kappa shape index (κ1) is 18.7. The Kier molecular flexibility index (Phi) is 5.30. The lowest BCUT2D eigenvalue weighted by atomic mass is 9.94. The summed E-state index contributed by atoms with van der Waals surface area (Å²) in [5.74, 6) is -2.48. The van der Waals surface area contributed by atoms with Crippen LogP contribution < -0.4 is 0 Å². The van der Waals surface area contributed by atoms with Gasteiger partial charge in [-0.1, -0.05) is 0 Å². The highest BCUT2D eigenvalue weighted by Gasteiger charge is 2.40. The molecule has 7 nitrogen and oxygen atoms in total. The van der Waals surface area contributed by atoms with E-state index in [4.69, 9.17) is 14.2 Å². The number of carbonyl (C=O) groups is 3. The lowest BCUT2D eigenvalue weighted by molar-refractivity contribution is -0.146. The molecule has 134 valence electrons. The van der Waals surface area contributed by atoms with Crippen LogP contribution in [0, 0.1) is 0 Å². The number of esters is 3. The molecule has 25 heavy (non-hydrogen) atoms. The van der Waals surface area contributed by atoms with Crippen LogP contribution in [0.4, 0.5) is 0 Å². The molecule has 7 heteroatoms. The molecular formula is C18H20O7. The fraction of sp³-hybridized carbons (Fsp3) is 0.444. The number of rotatable bonds is 2. The van der Waals surface area contributed by atoms with Crippen molar-refractivity contribution in [2.45, 2.75) is 52.2 Å². The molecule has 0 aromatic carbocycles. The number of aliphatic hydroxyl groups is 1. The third-order valence-electron chi connectivity index (χ3n) is 3.57. The Labute approximate surface area is 145 Å². The van der Waals surface area contributed by atoms with E-state index in [2.05, 4.69) is 5.73 Å². The van der Waals surface area contributed by atoms with E-state index in [-0.39, 0.29) is 29.9 Å². The molecule has 0 radical (unpaired) electrons. The van der Waals surface area contributed by atoms with E-state index in [0.29, 0.717) is 0 Å². The first-order valence-electron chi connectivity index (χ1n) is 7.77. The van der Waals surface area contributed by atoms with Crippen LogP contribution in [0.2, 0.25) is 0 Å². The Bertz CT molecular complexity index is 745. The van der Waals surface area contributed by atoms with E-state index < -0.39 is 29.6 Å². The third-order valence-corrected chi connectivity index (χ3v) is 3.57. The number of ether oxygens (including phenoxy) is 3. The van der Waals surface area contributed by atoms with Gasteiger partial charge in [0, 0.05) is 26.7 Å². The summed E-state index contributed by atoms with van der Waals surface area (Å²) in [6.45, 7) is 5.69. The zero-order valence-corrected chi connectivity index (χ0v) is 14.5. The van der Waals surface area contributed by atoms with Crippen molar-refractivity contribution in [3.05, 3.63) is 40.5 Å². The third kappa shape index (κ3) is 4.68. The normalized spacial score (nSPS) is 28.4. The Morgan fingerprint density at radius 1 is 1.36 bits per heavy atom. The van der Waals surface area contributed by atoms with Gasteiger partial charge in [-0.15, -0.1) is 5.73 Å². The van der Waals surface area contributed by atoms with Gasteiger partial charge < -0.3 is 19.3 Å². The zero-order valence-electron chi connectivity index (χ0n) is 14.5. The van der Waals surface area contributed by atoms with Gasteiger partial charge in [-0.05, 0) is 31.6 Å². The van der Waals surface area contributed by atoms with E-state index in [1.807, 2.05) is 0 Å². The Hall–Kier alpha value is -2.63. The van der Waals surface area contributed by atoms with Crippen LogP contribution in [0.15, 0.2) is 40.5 Å². The summed E-state index contributed by atoms with van der Waals surface area (Å²) in [6, 6.07) is 0. The standard InChI is InChI=1S/C18H20O7/c1-10-6-5-7-18(4,22)9-14-15(13(8-10)23-11(2)19)16(17(21)25-14)24-12(3)20/h5,9,13,22H,7-8H2,1-4H3/b14-9-/t6?,13-,18+/m0/s1. The van der Waals surface area contributed by atoms with Gasteiger partial charge in [-0.2, -0.15) is 0 Å². The Balaban J connectivity index is 2.67. The molecule has 1 aliphatic heterocycles. The fourth-order valence-corrected chi connectivity index (χ4v) is 2.59. The van der Waals surface area contributed by atoms with Crippen LogP contribution in [0.5, 0.6) is 0 Å². The van der Waals surface area contributed by atoms with Gasteiger partial charge in [0.2, 0.25) is 5.76 Å². The highest BCUT2D eigenvalue weighted by atomic mass is 16.6. The molecule has 0 fully saturated rings. The van der Waals surface area contributed by atoms with Gasteiger partial charge in [0.1, 0.15) is 11.9 Å². The molecule has 1 N–H and O–H groups in total. The van der Waals surface area contributed by atoms with Crippen LogP contribution in [-0.2, 0) is 28.6 Å². The van der Waals surface area contributed by atoms with Crippen LogP contribution >= 0.6 is 0 Å². The van der Waals surface area contributed by atoms with Gasteiger partial charge in [0.05, 0.1) is 11.2 Å². The van der Waals surface area contributed by atoms with Crippen LogP contribution in [0.25, 0.3) is 0 Å². The molecule has 0 aromatic rings. The monoisotopic (exact) mass is 348 g/mol. The zero-order chi connectivity index (χ0) is 18.8. The number of hydrogen-bond donors (Lipinski definition) is 1. The molecule has 0 saturated heterocycles. The van der Waals surface area contributed by atoms with Crippen molar-refractivity contribution in [1.29, 1.82) is 0 Å². The van der Waals surface area contributed by atoms with Crippen molar-refractivity contribution in [2.75, 3.05) is 0 Å². The number of hydrogen-bond acceptors (Lipinski definition) is 7. The second kappa shape index (κ2) is 7.09. The van der Waals surface area contributed by atoms with E-state index in [1.54, 1.807) is 13.0 Å². The molecule has 2 aliphatic rings. The highest BCUT2D eigenvalue weighted by Crippen LogP contribution is 2.36. The SMILES string of the molecule is CC(=O)OC1=C2/C(=C/[C@](C)(O)CC=C=C(C)C[C@@H]2OC(C)=O)OC1=O. The van der Waals surface area contributed by atoms with Crippen LogP contribution in [0.3, 0.4) is 0 Å². The van der Waals surface area contributed by atoms with Crippen molar-refractivity contribution >= 4 is 17.9 Å². The summed E-state index contributed by atoms with van der Waals surface area (Å²) in [7, 11) is 0. The van der Waals surface area contributed by atoms with Crippen molar-refractivity contribution < 1.29 is 33.7 Å². The Morgan fingerprint density at radius 3 is 2.64 bits per heavy atom. The lowest BCUT2D eigenvalue weighted by Crippen LogP contribution is -2.25. The minimum atomic E-state index is -1.34. The average Bonchev–Trinajstić information content (AvgIpc) is 2.71. The minimum Gasteiger partial charge on any atom is -0.457 e. The molecule has 2 rings (SSSR count). The van der Waals surface area contributed by atoms with Crippen LogP contribution in [0.1, 0.15) is 40.5 Å². The van der Waals surface area contributed by atoms with Crippen molar-refractivity contribution in [3.8, 4) is 0 Å². The average molecular weight is 348 g/mol. The highest BCUT2D eigenvalue weighted by molar-refractivity contribution is 5.95. The van der Waals surface area contributed by atoms with Gasteiger partial charge in [0.15, 0.2) is 0 Å². The topological polar surface area (TPSA) is 99.1 Å². The minimum absolute atomic E-state index is 0.0144. The molecule has 1 heterocycles. The predicted molar refractivity (Wildman–Crippen MR) is 85.6 cm³/mol. The van der Waals surface area contributed by atoms with Crippen LogP contribution in [-0.4, -0.2) is 34.7 Å². The molecule has 0 saturated carbocycles. The lowest BCUT2D eigenvalue weighted by Gasteiger charge is -2.22. The van der Waals surface area contributed by atoms with Gasteiger partial charge in [-0.3, -0.25) is 9.59 Å². The molecular weight excluding hydrogens is 328 g/mol. The predicted octanol–water partition coefficient (Wildman–Crippen LogP) is 1.82. The summed E-state index contributed by atoms with van der Waals surface area (Å²) < 4.78 is 15.5. The first-order valence-corrected chi connectivity index (χ1v) is 7.77. The van der Waals surface area contributed by atoms with Gasteiger partial charge in [-0.25, -0.2) is 4.79 Å². The van der Waals surface area contributed by atoms with Crippen molar-refractivity contribution in [3.63, 3.8) is 0 Å². The number of carbonyl (C=O) groups excluding carboxylic acids is 3. The maximum absolute atomic E-state index is 12.1. The van der Waals surface area contributed by atoms with E-state index in [0.717, 1.165) is 12.5 Å². The summed E-state index contributed by atoms with van der Waals surface area (Å²) in [6.07, 6.45) is 2.55. The van der Waals surface area contributed by atoms with E-state index in [1.165, 1.54) is 19.9 Å². The summed E-state index contributed by atoms with van der Waals surface area (Å²) >= 11 is 0. The number of fused-ring (bicyclic) bond motifs is 1. The van der Waals surface area contributed by atoms with Crippen molar-refractivity contribution in [1.82, 2.24) is 0 Å². The molecule has 0 aromatic heterocycles. The first-order chi connectivity index (χ1) is 11.6. The van der Waals surface area contributed by atoms with Gasteiger partial charge in [0.25, 0.3) is 0 Å². The van der Waals surface area contributed by atoms with Gasteiger partial charge >= 0.3 is 17.9 Å². The second-order valence-electron chi connectivity index (χ2n) is 6.23. The molecule has 0 spiro atoms. The van der Waals surface area contributed by atoms with Crippen molar-refractivity contribution in [2.24, 2.45) is 0 Å². The fourth-order valence-electron chi connectivity index (χ4n) is 2.59. The second-order valence-corrected chi connectivity index (χ2v) is 6.23. The van der Waals surface area contributed by atoms with E-state index >= 15 is 0 Å². The maximum Gasteiger partial charge on any atom is 0.380 e. The molecule has 0 bridgehead atoms. The molecule has 1 aliphatic carbocycles.